The number of piperidine rings is 3. The summed E-state index contributed by atoms with van der Waals surface area (Å²) < 4.78 is 18.3. The number of benzene rings is 1. The Morgan fingerprint density at radius 3 is 2.57 bits per heavy atom. The predicted octanol–water partition coefficient (Wildman–Crippen LogP) is 4.26. The van der Waals surface area contributed by atoms with Crippen molar-refractivity contribution in [3.05, 3.63) is 48.0 Å². The highest BCUT2D eigenvalue weighted by atomic mass is 35.5. The lowest BCUT2D eigenvalue weighted by Gasteiger charge is -2.43. The standard InChI is InChI=1S/C18H19FN2O.ClH/c19-16-4-1-14(2-5-16)18-11-17(22-20-18)6-3-15-12-21-9-7-13(15)8-10-21;/h1-6,11,13,15H,7-10,12H2;1H. The van der Waals surface area contributed by atoms with Gasteiger partial charge in [-0.1, -0.05) is 11.2 Å². The molecule has 0 spiro atoms. The second kappa shape index (κ2) is 6.85. The molecule has 5 rings (SSSR count). The molecule has 0 saturated carbocycles. The normalized spacial score (nSPS) is 26.4. The fraction of sp³-hybridized carbons (Fsp3) is 0.389. The molecule has 122 valence electrons. The Kier molecular flexibility index (Phi) is 4.83. The van der Waals surface area contributed by atoms with E-state index in [1.807, 2.05) is 12.1 Å². The Balaban J connectivity index is 0.00000156. The molecule has 0 N–H and O–H groups in total. The fourth-order valence-electron chi connectivity index (χ4n) is 3.57. The smallest absolute Gasteiger partial charge is 0.159 e. The molecule has 23 heavy (non-hydrogen) atoms. The molecule has 0 aliphatic carbocycles. The van der Waals surface area contributed by atoms with Gasteiger partial charge in [0.15, 0.2) is 5.76 Å². The van der Waals surface area contributed by atoms with Crippen LogP contribution >= 0.6 is 12.4 Å². The van der Waals surface area contributed by atoms with Crippen molar-refractivity contribution in [2.24, 2.45) is 11.8 Å². The van der Waals surface area contributed by atoms with Crippen molar-refractivity contribution in [3.63, 3.8) is 0 Å². The van der Waals surface area contributed by atoms with Gasteiger partial charge in [-0.3, -0.25) is 0 Å². The monoisotopic (exact) mass is 334 g/mol. The van der Waals surface area contributed by atoms with Crippen molar-refractivity contribution >= 4 is 18.5 Å². The largest absolute Gasteiger partial charge is 0.356 e. The summed E-state index contributed by atoms with van der Waals surface area (Å²) in [6, 6.07) is 8.21. The molecule has 5 heteroatoms. The highest BCUT2D eigenvalue weighted by Gasteiger charge is 2.32. The maximum absolute atomic E-state index is 12.9. The van der Waals surface area contributed by atoms with Crippen LogP contribution in [0.4, 0.5) is 4.39 Å². The van der Waals surface area contributed by atoms with Crippen LogP contribution in [0, 0.1) is 17.7 Å². The Bertz CT molecular complexity index is 675. The van der Waals surface area contributed by atoms with Crippen LogP contribution in [0.15, 0.2) is 40.9 Å². The molecule has 3 saturated heterocycles. The summed E-state index contributed by atoms with van der Waals surface area (Å²) in [5.74, 6) is 1.97. The molecular weight excluding hydrogens is 315 g/mol. The molecule has 4 heterocycles. The average molecular weight is 335 g/mol. The van der Waals surface area contributed by atoms with Crippen molar-refractivity contribution in [2.75, 3.05) is 19.6 Å². The Morgan fingerprint density at radius 1 is 1.17 bits per heavy atom. The quantitative estimate of drug-likeness (QED) is 0.840. The van der Waals surface area contributed by atoms with E-state index < -0.39 is 0 Å². The number of nitrogens with zero attached hydrogens (tertiary/aromatic N) is 2. The summed E-state index contributed by atoms with van der Waals surface area (Å²) in [4.78, 5) is 2.54. The van der Waals surface area contributed by atoms with Crippen molar-refractivity contribution in [1.82, 2.24) is 10.1 Å². The van der Waals surface area contributed by atoms with Crippen LogP contribution in [0.3, 0.4) is 0 Å². The van der Waals surface area contributed by atoms with Crippen molar-refractivity contribution in [2.45, 2.75) is 12.8 Å². The van der Waals surface area contributed by atoms with Crippen LogP contribution < -0.4 is 0 Å². The van der Waals surface area contributed by atoms with Gasteiger partial charge in [0.2, 0.25) is 0 Å². The Morgan fingerprint density at radius 2 is 1.91 bits per heavy atom. The van der Waals surface area contributed by atoms with Crippen LogP contribution in [-0.4, -0.2) is 29.7 Å². The molecule has 3 aliphatic rings. The molecule has 1 aromatic carbocycles. The van der Waals surface area contributed by atoms with Gasteiger partial charge in [-0.25, -0.2) is 4.39 Å². The van der Waals surface area contributed by atoms with E-state index in [0.29, 0.717) is 5.92 Å². The first-order valence-electron chi connectivity index (χ1n) is 7.91. The lowest BCUT2D eigenvalue weighted by atomic mass is 9.79. The van der Waals surface area contributed by atoms with Gasteiger partial charge in [0, 0.05) is 18.2 Å². The van der Waals surface area contributed by atoms with Gasteiger partial charge in [-0.05, 0) is 68.1 Å². The molecule has 2 aromatic rings. The maximum atomic E-state index is 12.9. The second-order valence-corrected chi connectivity index (χ2v) is 6.28. The van der Waals surface area contributed by atoms with E-state index in [1.165, 1.54) is 44.6 Å². The number of hydrogen-bond acceptors (Lipinski definition) is 3. The van der Waals surface area contributed by atoms with Gasteiger partial charge < -0.3 is 9.42 Å². The summed E-state index contributed by atoms with van der Waals surface area (Å²) in [7, 11) is 0. The molecule has 3 aliphatic heterocycles. The molecule has 3 nitrogen and oxygen atoms in total. The van der Waals surface area contributed by atoms with E-state index in [-0.39, 0.29) is 18.2 Å². The van der Waals surface area contributed by atoms with Crippen LogP contribution in [0.5, 0.6) is 0 Å². The zero-order valence-electron chi connectivity index (χ0n) is 12.8. The van der Waals surface area contributed by atoms with Crippen molar-refractivity contribution in [3.8, 4) is 11.3 Å². The van der Waals surface area contributed by atoms with Gasteiger partial charge in [0.25, 0.3) is 0 Å². The molecule has 0 amide bonds. The summed E-state index contributed by atoms with van der Waals surface area (Å²) in [6.07, 6.45) is 6.93. The Labute approximate surface area is 141 Å². The Hall–Kier alpha value is -1.65. The minimum Gasteiger partial charge on any atom is -0.356 e. The molecule has 1 unspecified atom stereocenters. The van der Waals surface area contributed by atoms with E-state index in [9.17, 15) is 4.39 Å². The van der Waals surface area contributed by atoms with E-state index in [0.717, 1.165) is 22.9 Å². The first kappa shape index (κ1) is 16.2. The number of fused-ring (bicyclic) bond motifs is 3. The summed E-state index contributed by atoms with van der Waals surface area (Å²) in [6.45, 7) is 3.68. The SMILES string of the molecule is Cl.Fc1ccc(-c2cc(C=CC3CN4CCC3CC4)on2)cc1. The van der Waals surface area contributed by atoms with Crippen molar-refractivity contribution in [1.29, 1.82) is 0 Å². The van der Waals surface area contributed by atoms with Gasteiger partial charge in [-0.15, -0.1) is 12.4 Å². The van der Waals surface area contributed by atoms with E-state index in [1.54, 1.807) is 12.1 Å². The molecule has 3 fully saturated rings. The van der Waals surface area contributed by atoms with Crippen LogP contribution in [0.2, 0.25) is 0 Å². The van der Waals surface area contributed by atoms with Gasteiger partial charge in [-0.2, -0.15) is 0 Å². The number of halogens is 2. The zero-order chi connectivity index (χ0) is 14.9. The molecule has 2 bridgehead atoms. The second-order valence-electron chi connectivity index (χ2n) is 6.28. The van der Waals surface area contributed by atoms with Crippen molar-refractivity contribution < 1.29 is 8.91 Å². The summed E-state index contributed by atoms with van der Waals surface area (Å²) in [5.41, 5.74) is 1.61. The minimum absolute atomic E-state index is 0. The summed E-state index contributed by atoms with van der Waals surface area (Å²) in [5, 5.41) is 4.07. The highest BCUT2D eigenvalue weighted by molar-refractivity contribution is 5.85. The van der Waals surface area contributed by atoms with E-state index >= 15 is 0 Å². The fourth-order valence-corrected chi connectivity index (χ4v) is 3.57. The maximum Gasteiger partial charge on any atom is 0.159 e. The summed E-state index contributed by atoms with van der Waals surface area (Å²) >= 11 is 0. The molecule has 0 radical (unpaired) electrons. The molecule has 1 atom stereocenters. The lowest BCUT2D eigenvalue weighted by molar-refractivity contribution is 0.0739. The minimum atomic E-state index is -0.241. The van der Waals surface area contributed by atoms with Crippen LogP contribution in [0.25, 0.3) is 17.3 Å². The lowest BCUT2D eigenvalue weighted by Crippen LogP contribution is -2.46. The molecule has 1 aromatic heterocycles. The van der Waals surface area contributed by atoms with Crippen LogP contribution in [-0.2, 0) is 0 Å². The van der Waals surface area contributed by atoms with Gasteiger partial charge in [0.05, 0.1) is 0 Å². The number of hydrogen-bond donors (Lipinski definition) is 0. The third-order valence-corrected chi connectivity index (χ3v) is 4.88. The number of aromatic nitrogens is 1. The number of rotatable bonds is 3. The zero-order valence-corrected chi connectivity index (χ0v) is 13.6. The predicted molar refractivity (Wildman–Crippen MR) is 90.8 cm³/mol. The first-order valence-corrected chi connectivity index (χ1v) is 7.91. The average Bonchev–Trinajstić information content (AvgIpc) is 3.04. The highest BCUT2D eigenvalue weighted by Crippen LogP contribution is 2.33. The third-order valence-electron chi connectivity index (χ3n) is 4.88. The van der Waals surface area contributed by atoms with Gasteiger partial charge >= 0.3 is 0 Å². The topological polar surface area (TPSA) is 29.3 Å². The molecular formula is C18H20ClFN2O. The third kappa shape index (κ3) is 3.48. The van der Waals surface area contributed by atoms with Gasteiger partial charge in [0.1, 0.15) is 11.5 Å². The van der Waals surface area contributed by atoms with Crippen LogP contribution in [0.1, 0.15) is 18.6 Å². The van der Waals surface area contributed by atoms with E-state index in [4.69, 9.17) is 4.52 Å². The first-order chi connectivity index (χ1) is 10.8. The van der Waals surface area contributed by atoms with E-state index in [2.05, 4.69) is 16.1 Å².